The lowest BCUT2D eigenvalue weighted by Crippen LogP contribution is -2.27. The second-order valence-corrected chi connectivity index (χ2v) is 6.20. The number of benzene rings is 1. The Hall–Kier alpha value is -1.06. The zero-order valence-corrected chi connectivity index (χ0v) is 11.8. The number of hydrogen-bond acceptors (Lipinski definition) is 3. The maximum Gasteiger partial charge on any atom is 0.243 e. The van der Waals surface area contributed by atoms with E-state index < -0.39 is 10.0 Å². The first-order valence-corrected chi connectivity index (χ1v) is 7.08. The summed E-state index contributed by atoms with van der Waals surface area (Å²) in [7, 11) is -0.342. The molecule has 0 heterocycles. The summed E-state index contributed by atoms with van der Waals surface area (Å²) in [5, 5.41) is 3.46. The molecule has 0 spiro atoms. The van der Waals surface area contributed by atoms with Crippen molar-refractivity contribution in [2.75, 3.05) is 20.6 Å². The van der Waals surface area contributed by atoms with Crippen molar-refractivity contribution >= 4 is 21.6 Å². The Morgan fingerprint density at radius 2 is 2.17 bits per heavy atom. The van der Waals surface area contributed by atoms with E-state index in [0.717, 1.165) is 9.87 Å². The van der Waals surface area contributed by atoms with Crippen molar-refractivity contribution in [1.82, 2.24) is 9.62 Å². The van der Waals surface area contributed by atoms with Gasteiger partial charge in [0.2, 0.25) is 10.0 Å². The maximum absolute atomic E-state index is 12.2. The third kappa shape index (κ3) is 3.24. The van der Waals surface area contributed by atoms with Crippen LogP contribution in [0.2, 0.25) is 5.02 Å². The summed E-state index contributed by atoms with van der Waals surface area (Å²) in [6.45, 7) is 0.535. The SMILES string of the molecule is C#CCN(C)S(=O)(=O)c1ccc(Cl)c(CNC)c1. The molecule has 1 aromatic carbocycles. The van der Waals surface area contributed by atoms with Gasteiger partial charge >= 0.3 is 0 Å². The van der Waals surface area contributed by atoms with E-state index in [2.05, 4.69) is 11.2 Å². The lowest BCUT2D eigenvalue weighted by atomic mass is 10.2. The van der Waals surface area contributed by atoms with E-state index in [1.165, 1.54) is 13.1 Å². The molecule has 0 amide bonds. The van der Waals surface area contributed by atoms with Gasteiger partial charge in [-0.1, -0.05) is 17.5 Å². The van der Waals surface area contributed by atoms with Gasteiger partial charge in [-0.25, -0.2) is 8.42 Å². The standard InChI is InChI=1S/C12H15ClN2O2S/c1-4-7-15(3)18(16,17)11-5-6-12(13)10(8-11)9-14-2/h1,5-6,8,14H,7,9H2,2-3H3. The molecule has 0 fully saturated rings. The van der Waals surface area contributed by atoms with E-state index in [-0.39, 0.29) is 11.4 Å². The average molecular weight is 287 g/mol. The van der Waals surface area contributed by atoms with Crippen molar-refractivity contribution in [3.63, 3.8) is 0 Å². The first kappa shape index (κ1) is 15.0. The van der Waals surface area contributed by atoms with Crippen molar-refractivity contribution in [3.8, 4) is 12.3 Å². The highest BCUT2D eigenvalue weighted by molar-refractivity contribution is 7.89. The van der Waals surface area contributed by atoms with E-state index in [4.69, 9.17) is 18.0 Å². The summed E-state index contributed by atoms with van der Waals surface area (Å²) in [5.74, 6) is 2.30. The fourth-order valence-corrected chi connectivity index (χ4v) is 2.75. The largest absolute Gasteiger partial charge is 0.316 e. The van der Waals surface area contributed by atoms with Crippen molar-refractivity contribution in [1.29, 1.82) is 0 Å². The van der Waals surface area contributed by atoms with Gasteiger partial charge < -0.3 is 5.32 Å². The molecule has 0 radical (unpaired) electrons. The molecule has 0 aliphatic heterocycles. The summed E-state index contributed by atoms with van der Waals surface area (Å²) < 4.78 is 25.4. The van der Waals surface area contributed by atoms with Crippen LogP contribution >= 0.6 is 11.6 Å². The molecule has 0 saturated heterocycles. The molecule has 0 aliphatic rings. The van der Waals surface area contributed by atoms with Crippen LogP contribution in [0.25, 0.3) is 0 Å². The van der Waals surface area contributed by atoms with E-state index in [9.17, 15) is 8.42 Å². The Kier molecular flexibility index (Phi) is 5.17. The predicted molar refractivity (Wildman–Crippen MR) is 72.9 cm³/mol. The van der Waals surface area contributed by atoms with Crippen LogP contribution in [0.3, 0.4) is 0 Å². The van der Waals surface area contributed by atoms with Crippen LogP contribution in [-0.4, -0.2) is 33.4 Å². The first-order valence-electron chi connectivity index (χ1n) is 5.26. The lowest BCUT2D eigenvalue weighted by Gasteiger charge is -2.15. The predicted octanol–water partition coefficient (Wildman–Crippen LogP) is 1.31. The number of terminal acetylenes is 1. The summed E-state index contributed by atoms with van der Waals surface area (Å²) >= 11 is 5.99. The van der Waals surface area contributed by atoms with Crippen LogP contribution in [-0.2, 0) is 16.6 Å². The zero-order valence-electron chi connectivity index (χ0n) is 10.3. The van der Waals surface area contributed by atoms with Gasteiger partial charge in [-0.05, 0) is 30.8 Å². The molecule has 0 saturated carbocycles. The van der Waals surface area contributed by atoms with Crippen LogP contribution in [0.5, 0.6) is 0 Å². The third-order valence-corrected chi connectivity index (χ3v) is 4.57. The molecule has 0 unspecified atom stereocenters. The third-order valence-electron chi connectivity index (χ3n) is 2.41. The van der Waals surface area contributed by atoms with Crippen molar-refractivity contribution in [3.05, 3.63) is 28.8 Å². The topological polar surface area (TPSA) is 49.4 Å². The molecule has 18 heavy (non-hydrogen) atoms. The zero-order chi connectivity index (χ0) is 13.8. The van der Waals surface area contributed by atoms with Gasteiger partial charge in [0.1, 0.15) is 0 Å². The fourth-order valence-electron chi connectivity index (χ4n) is 1.43. The number of rotatable bonds is 5. The minimum atomic E-state index is -3.55. The molecular formula is C12H15ClN2O2S. The second kappa shape index (κ2) is 6.21. The summed E-state index contributed by atoms with van der Waals surface area (Å²) in [6.07, 6.45) is 5.12. The highest BCUT2D eigenvalue weighted by Crippen LogP contribution is 2.22. The van der Waals surface area contributed by atoms with Gasteiger partial charge in [-0.2, -0.15) is 4.31 Å². The van der Waals surface area contributed by atoms with Gasteiger partial charge in [0.05, 0.1) is 11.4 Å². The molecule has 0 bridgehead atoms. The Balaban J connectivity index is 3.18. The van der Waals surface area contributed by atoms with E-state index in [0.29, 0.717) is 11.6 Å². The minimum Gasteiger partial charge on any atom is -0.316 e. The van der Waals surface area contributed by atoms with Crippen molar-refractivity contribution in [2.24, 2.45) is 0 Å². The first-order chi connectivity index (χ1) is 8.43. The molecule has 0 aromatic heterocycles. The molecule has 0 aliphatic carbocycles. The summed E-state index contributed by atoms with van der Waals surface area (Å²) in [4.78, 5) is 0.190. The van der Waals surface area contributed by atoms with Crippen LogP contribution < -0.4 is 5.32 Å². The van der Waals surface area contributed by atoms with Crippen molar-refractivity contribution < 1.29 is 8.42 Å². The van der Waals surface area contributed by atoms with E-state index >= 15 is 0 Å². The minimum absolute atomic E-state index is 0.0340. The normalized spacial score (nSPS) is 11.5. The Bertz CT molecular complexity index is 564. The van der Waals surface area contributed by atoms with Gasteiger partial charge in [-0.15, -0.1) is 6.42 Å². The molecule has 0 atom stereocenters. The number of sulfonamides is 1. The molecule has 1 rings (SSSR count). The van der Waals surface area contributed by atoms with Crippen LogP contribution in [0.1, 0.15) is 5.56 Å². The summed E-state index contributed by atoms with van der Waals surface area (Å²) in [6, 6.07) is 4.61. The Morgan fingerprint density at radius 3 is 2.72 bits per heavy atom. The molecule has 4 nitrogen and oxygen atoms in total. The Labute approximate surface area is 113 Å². The fraction of sp³-hybridized carbons (Fsp3) is 0.333. The van der Waals surface area contributed by atoms with Crippen LogP contribution in [0.4, 0.5) is 0 Å². The van der Waals surface area contributed by atoms with Gasteiger partial charge in [0.15, 0.2) is 0 Å². The number of nitrogens with zero attached hydrogens (tertiary/aromatic N) is 1. The molecule has 1 N–H and O–H groups in total. The van der Waals surface area contributed by atoms with Crippen LogP contribution in [0.15, 0.2) is 23.1 Å². The van der Waals surface area contributed by atoms with Gasteiger partial charge in [0, 0.05) is 18.6 Å². The average Bonchev–Trinajstić information content (AvgIpc) is 2.32. The molecule has 1 aromatic rings. The van der Waals surface area contributed by atoms with E-state index in [1.807, 2.05) is 0 Å². The monoisotopic (exact) mass is 286 g/mol. The lowest BCUT2D eigenvalue weighted by molar-refractivity contribution is 0.503. The van der Waals surface area contributed by atoms with Gasteiger partial charge in [-0.3, -0.25) is 0 Å². The number of nitrogens with one attached hydrogen (secondary N) is 1. The quantitative estimate of drug-likeness (QED) is 0.831. The van der Waals surface area contributed by atoms with Crippen LogP contribution in [0, 0.1) is 12.3 Å². The Morgan fingerprint density at radius 1 is 1.50 bits per heavy atom. The van der Waals surface area contributed by atoms with E-state index in [1.54, 1.807) is 19.2 Å². The van der Waals surface area contributed by atoms with Crippen molar-refractivity contribution in [2.45, 2.75) is 11.4 Å². The second-order valence-electron chi connectivity index (χ2n) is 3.75. The number of halogens is 1. The van der Waals surface area contributed by atoms with Gasteiger partial charge in [0.25, 0.3) is 0 Å². The molecular weight excluding hydrogens is 272 g/mol. The summed E-state index contributed by atoms with van der Waals surface area (Å²) in [5.41, 5.74) is 0.731. The molecule has 98 valence electrons. The smallest absolute Gasteiger partial charge is 0.243 e. The number of hydrogen-bond donors (Lipinski definition) is 1. The highest BCUT2D eigenvalue weighted by Gasteiger charge is 2.20. The molecule has 6 heteroatoms. The maximum atomic E-state index is 12.2. The highest BCUT2D eigenvalue weighted by atomic mass is 35.5.